The molecule has 0 radical (unpaired) electrons. The molecule has 1 saturated carbocycles. The molecule has 0 aliphatic heterocycles. The number of pyridine rings is 1. The molecule has 1 aromatic carbocycles. The summed E-state index contributed by atoms with van der Waals surface area (Å²) in [6.07, 6.45) is 3.23. The normalized spacial score (nSPS) is 26.8. The Morgan fingerprint density at radius 1 is 1.18 bits per heavy atom. The lowest BCUT2D eigenvalue weighted by atomic mass is 9.57. The zero-order valence-corrected chi connectivity index (χ0v) is 20.7. The van der Waals surface area contributed by atoms with Crippen LogP contribution < -0.4 is 5.73 Å². The summed E-state index contributed by atoms with van der Waals surface area (Å²) in [5.41, 5.74) is 3.89. The Morgan fingerprint density at radius 2 is 1.89 bits per heavy atom. The van der Waals surface area contributed by atoms with E-state index in [1.165, 1.54) is 17.2 Å². The molecule has 4 atom stereocenters. The van der Waals surface area contributed by atoms with Crippen LogP contribution in [0.3, 0.4) is 0 Å². The van der Waals surface area contributed by atoms with Crippen molar-refractivity contribution in [1.82, 2.24) is 9.88 Å². The second-order valence-electron chi connectivity index (χ2n) is 10.2. The highest BCUT2D eigenvalue weighted by Gasteiger charge is 2.64. The van der Waals surface area contributed by atoms with Crippen molar-refractivity contribution in [3.8, 4) is 16.9 Å². The molecule has 3 aliphatic carbocycles. The molecule has 198 valence electrons. The molecule has 1 heterocycles. The molecule has 0 spiro atoms. The highest BCUT2D eigenvalue weighted by molar-refractivity contribution is 6.24. The van der Waals surface area contributed by atoms with Crippen LogP contribution in [0.2, 0.25) is 0 Å². The molecule has 7 N–H and O–H groups in total. The van der Waals surface area contributed by atoms with Crippen molar-refractivity contribution in [2.75, 3.05) is 14.1 Å². The maximum Gasteiger partial charge on any atom is 0.255 e. The van der Waals surface area contributed by atoms with E-state index in [4.69, 9.17) is 5.73 Å². The molecule has 11 nitrogen and oxygen atoms in total. The van der Waals surface area contributed by atoms with Crippen LogP contribution >= 0.6 is 0 Å². The van der Waals surface area contributed by atoms with Crippen molar-refractivity contribution < 1.29 is 39.9 Å². The number of carbonyl (C=O) groups is 3. The molecule has 0 bridgehead atoms. The summed E-state index contributed by atoms with van der Waals surface area (Å²) >= 11 is 0. The summed E-state index contributed by atoms with van der Waals surface area (Å²) in [4.78, 5) is 44.7. The zero-order valence-electron chi connectivity index (χ0n) is 20.7. The Bertz CT molecular complexity index is 1480. The van der Waals surface area contributed by atoms with Crippen molar-refractivity contribution in [1.29, 1.82) is 0 Å². The number of aliphatic hydroxyl groups is 4. The van der Waals surface area contributed by atoms with Crippen LogP contribution in [0, 0.1) is 11.8 Å². The molecule has 5 rings (SSSR count). The van der Waals surface area contributed by atoms with Gasteiger partial charge in [0.2, 0.25) is 5.78 Å². The average molecular weight is 522 g/mol. The number of Topliss-reactive ketones (excluding diaryl/α,β-unsaturated/α-hetero) is 2. The Balaban J connectivity index is 1.73. The maximum absolute atomic E-state index is 13.9. The van der Waals surface area contributed by atoms with Crippen LogP contribution in [0.5, 0.6) is 5.75 Å². The number of aliphatic hydroxyl groups excluding tert-OH is 3. The van der Waals surface area contributed by atoms with Crippen molar-refractivity contribution in [3.05, 3.63) is 64.2 Å². The van der Waals surface area contributed by atoms with Gasteiger partial charge in [0, 0.05) is 29.4 Å². The number of hydrogen-bond donors (Lipinski definition) is 6. The predicted octanol–water partition coefficient (Wildman–Crippen LogP) is 0.518. The van der Waals surface area contributed by atoms with E-state index >= 15 is 0 Å². The standard InChI is InChI=1S/C27H27N3O8/c1-30(2)21-16-7-12-6-15-14(13-5-11(10-31)8-29-9-13)3-4-17(32)19(15)22(33)18(12)24(35)27(16,38)25(36)20(23(21)34)26(28)37/h3-5,8-9,12,16,21,31-33,36,38H,6-7,10H2,1-2H3,(H2,28,37)/t12-,16-,21-,27-/m1/s1. The minimum absolute atomic E-state index is 0.00418. The monoisotopic (exact) mass is 521 g/mol. The SMILES string of the molecule is CN(C)[C@H]1C(=O)C(C(N)=O)=C(O)[C@]2(O)C(=O)C3=C(O)c4c(O)ccc(-c5cncc(CO)c5)c4C[C@@H]3C[C@H]12. The quantitative estimate of drug-likeness (QED) is 0.309. The van der Waals surface area contributed by atoms with Gasteiger partial charge in [-0.15, -0.1) is 0 Å². The molecular formula is C27H27N3O8. The summed E-state index contributed by atoms with van der Waals surface area (Å²) in [7, 11) is 3.09. The number of nitrogens with zero attached hydrogens (tertiary/aromatic N) is 2. The van der Waals surface area contributed by atoms with E-state index < -0.39 is 58.0 Å². The molecule has 11 heteroatoms. The van der Waals surface area contributed by atoms with Crippen LogP contribution in [-0.4, -0.2) is 78.6 Å². The first-order chi connectivity index (χ1) is 17.9. The Hall–Kier alpha value is -4.06. The van der Waals surface area contributed by atoms with Crippen molar-refractivity contribution >= 4 is 23.2 Å². The first-order valence-electron chi connectivity index (χ1n) is 12.0. The summed E-state index contributed by atoms with van der Waals surface area (Å²) in [6.45, 7) is -0.238. The Morgan fingerprint density at radius 3 is 2.53 bits per heavy atom. The maximum atomic E-state index is 13.9. The van der Waals surface area contributed by atoms with E-state index in [0.29, 0.717) is 22.3 Å². The molecule has 1 fully saturated rings. The second-order valence-corrected chi connectivity index (χ2v) is 10.2. The van der Waals surface area contributed by atoms with Gasteiger partial charge in [0.05, 0.1) is 18.2 Å². The number of carbonyl (C=O) groups excluding carboxylic acids is 3. The first kappa shape index (κ1) is 25.6. The van der Waals surface area contributed by atoms with Gasteiger partial charge in [0.15, 0.2) is 11.4 Å². The number of likely N-dealkylation sites (N-methyl/N-ethyl adjacent to an activating group) is 1. The number of phenolic OH excluding ortho intramolecular Hbond substituents is 1. The second kappa shape index (κ2) is 8.76. The van der Waals surface area contributed by atoms with Gasteiger partial charge in [0.1, 0.15) is 22.8 Å². The lowest BCUT2D eigenvalue weighted by Gasteiger charge is -2.50. The summed E-state index contributed by atoms with van der Waals surface area (Å²) in [6, 6.07) is 3.57. The van der Waals surface area contributed by atoms with E-state index in [0.717, 1.165) is 0 Å². The number of ketones is 2. The van der Waals surface area contributed by atoms with Crippen LogP contribution in [0.25, 0.3) is 16.9 Å². The van der Waals surface area contributed by atoms with Gasteiger partial charge >= 0.3 is 0 Å². The van der Waals surface area contributed by atoms with Crippen LogP contribution in [0.1, 0.15) is 23.1 Å². The van der Waals surface area contributed by atoms with E-state index in [9.17, 15) is 39.9 Å². The van der Waals surface area contributed by atoms with Gasteiger partial charge < -0.3 is 31.3 Å². The molecular weight excluding hydrogens is 494 g/mol. The number of primary amides is 1. The van der Waals surface area contributed by atoms with Gasteiger partial charge in [-0.05, 0) is 61.7 Å². The van der Waals surface area contributed by atoms with E-state index in [2.05, 4.69) is 4.98 Å². The Labute approximate surface area is 217 Å². The fourth-order valence-corrected chi connectivity index (χ4v) is 6.24. The lowest BCUT2D eigenvalue weighted by molar-refractivity contribution is -0.153. The first-order valence-corrected chi connectivity index (χ1v) is 12.0. The Kier molecular flexibility index (Phi) is 5.90. The number of phenols is 1. The zero-order chi connectivity index (χ0) is 27.7. The molecule has 38 heavy (non-hydrogen) atoms. The number of aromatic hydroxyl groups is 1. The number of rotatable bonds is 4. The molecule has 0 saturated heterocycles. The number of nitrogens with two attached hydrogens (primary N) is 1. The number of hydrogen-bond acceptors (Lipinski definition) is 10. The van der Waals surface area contributed by atoms with E-state index in [1.807, 2.05) is 0 Å². The summed E-state index contributed by atoms with van der Waals surface area (Å²) in [5.74, 6) is -6.98. The number of aromatic nitrogens is 1. The smallest absolute Gasteiger partial charge is 0.255 e. The molecule has 1 aromatic heterocycles. The summed E-state index contributed by atoms with van der Waals surface area (Å²) < 4.78 is 0. The number of benzene rings is 1. The van der Waals surface area contributed by atoms with Crippen molar-refractivity contribution in [3.63, 3.8) is 0 Å². The highest BCUT2D eigenvalue weighted by atomic mass is 16.3. The topological polar surface area (TPSA) is 195 Å². The van der Waals surface area contributed by atoms with Gasteiger partial charge in [-0.1, -0.05) is 6.07 Å². The largest absolute Gasteiger partial charge is 0.508 e. The number of fused-ring (bicyclic) bond motifs is 3. The lowest BCUT2D eigenvalue weighted by Crippen LogP contribution is -2.65. The minimum atomic E-state index is -2.68. The fraction of sp³-hybridized carbons (Fsp3) is 0.333. The minimum Gasteiger partial charge on any atom is -0.508 e. The van der Waals surface area contributed by atoms with Crippen molar-refractivity contribution in [2.24, 2.45) is 17.6 Å². The van der Waals surface area contributed by atoms with Gasteiger partial charge in [-0.2, -0.15) is 0 Å². The average Bonchev–Trinajstić information content (AvgIpc) is 2.86. The third kappa shape index (κ3) is 3.39. The van der Waals surface area contributed by atoms with Crippen molar-refractivity contribution in [2.45, 2.75) is 31.1 Å². The van der Waals surface area contributed by atoms with Gasteiger partial charge in [-0.25, -0.2) is 0 Å². The van der Waals surface area contributed by atoms with Crippen LogP contribution in [-0.2, 0) is 27.4 Å². The molecule has 3 aliphatic rings. The van der Waals surface area contributed by atoms with Gasteiger partial charge in [-0.3, -0.25) is 24.3 Å². The fourth-order valence-electron chi connectivity index (χ4n) is 6.24. The van der Waals surface area contributed by atoms with Crippen LogP contribution in [0.15, 0.2) is 47.5 Å². The van der Waals surface area contributed by atoms with E-state index in [-0.39, 0.29) is 36.3 Å². The highest BCUT2D eigenvalue weighted by Crippen LogP contribution is 2.53. The third-order valence-electron chi connectivity index (χ3n) is 7.89. The summed E-state index contributed by atoms with van der Waals surface area (Å²) in [5, 5.41) is 54.1. The molecule has 1 amide bonds. The van der Waals surface area contributed by atoms with E-state index in [1.54, 1.807) is 32.4 Å². The predicted molar refractivity (Wildman–Crippen MR) is 133 cm³/mol. The van der Waals surface area contributed by atoms with Crippen LogP contribution in [0.4, 0.5) is 0 Å². The molecule has 2 aromatic rings. The molecule has 0 unspecified atom stereocenters. The number of amides is 1. The van der Waals surface area contributed by atoms with Gasteiger partial charge in [0.25, 0.3) is 5.91 Å². The third-order valence-corrected chi connectivity index (χ3v) is 7.89.